The molecule has 0 aliphatic heterocycles. The Morgan fingerprint density at radius 1 is 1.00 bits per heavy atom. The Morgan fingerprint density at radius 2 is 1.45 bits per heavy atom. The van der Waals surface area contributed by atoms with Crippen LogP contribution in [0, 0.1) is 12.8 Å². The Morgan fingerprint density at radius 3 is 1.68 bits per heavy atom. The van der Waals surface area contributed by atoms with Gasteiger partial charge in [0.1, 0.15) is 17.2 Å². The van der Waals surface area contributed by atoms with Gasteiger partial charge in [0, 0.05) is 12.1 Å². The summed E-state index contributed by atoms with van der Waals surface area (Å²) >= 11 is 0. The van der Waals surface area contributed by atoms with E-state index >= 15 is 0 Å². The van der Waals surface area contributed by atoms with Gasteiger partial charge < -0.3 is 14.2 Å². The lowest BCUT2D eigenvalue weighted by Gasteiger charge is -2.11. The van der Waals surface area contributed by atoms with E-state index in [1.165, 1.54) is 33.5 Å². The van der Waals surface area contributed by atoms with E-state index in [9.17, 15) is 4.79 Å². The zero-order valence-corrected chi connectivity index (χ0v) is 14.3. The van der Waals surface area contributed by atoms with Crippen molar-refractivity contribution >= 4 is 6.29 Å². The van der Waals surface area contributed by atoms with Gasteiger partial charge in [0.15, 0.2) is 6.29 Å². The third-order valence-electron chi connectivity index (χ3n) is 2.65. The average Bonchev–Trinajstić information content (AvgIpc) is 2.57. The van der Waals surface area contributed by atoms with Crippen molar-refractivity contribution in [2.45, 2.75) is 40.0 Å². The molecule has 0 saturated heterocycles. The number of hydrogen-bond acceptors (Lipinski definition) is 4. The van der Waals surface area contributed by atoms with Crippen molar-refractivity contribution in [3.8, 4) is 30.1 Å². The minimum atomic E-state index is 0.392. The molecule has 0 saturated carbocycles. The summed E-state index contributed by atoms with van der Waals surface area (Å²) < 4.78 is 15.5. The van der Waals surface area contributed by atoms with Crippen molar-refractivity contribution in [3.63, 3.8) is 0 Å². The maximum Gasteiger partial charge on any atom is 0.157 e. The fourth-order valence-electron chi connectivity index (χ4n) is 1.63. The second-order valence-corrected chi connectivity index (χ2v) is 4.15. The molecule has 4 heteroatoms. The molecule has 0 bridgehead atoms. The Kier molecular flexibility index (Phi) is 15.3. The molecule has 0 unspecified atom stereocenters. The molecule has 1 rings (SSSR count). The van der Waals surface area contributed by atoms with Gasteiger partial charge in [-0.25, -0.2) is 0 Å². The molecule has 0 radical (unpaired) electrons. The number of carbonyl (C=O) groups excluding carboxylic acids is 1. The van der Waals surface area contributed by atoms with Gasteiger partial charge in [0.2, 0.25) is 0 Å². The van der Waals surface area contributed by atoms with E-state index in [0.717, 1.165) is 0 Å². The van der Waals surface area contributed by atoms with Crippen LogP contribution < -0.4 is 14.2 Å². The van der Waals surface area contributed by atoms with Crippen LogP contribution in [0.2, 0.25) is 0 Å². The van der Waals surface area contributed by atoms with Crippen LogP contribution in [0.15, 0.2) is 12.1 Å². The first-order valence-electron chi connectivity index (χ1n) is 7.35. The molecule has 0 atom stereocenters. The highest BCUT2D eigenvalue weighted by molar-refractivity contribution is 5.84. The van der Waals surface area contributed by atoms with Gasteiger partial charge in [-0.05, 0) is 6.92 Å². The van der Waals surface area contributed by atoms with Crippen LogP contribution in [-0.4, -0.2) is 27.1 Å². The zero-order valence-electron chi connectivity index (χ0n) is 14.3. The van der Waals surface area contributed by atoms with Crippen molar-refractivity contribution in [1.82, 2.24) is 0 Å². The lowest BCUT2D eigenvalue weighted by Crippen LogP contribution is -1.98. The smallest absolute Gasteiger partial charge is 0.157 e. The standard InChI is InChI=1S/C11H14O4.C5H12.C2H2/c1-4-15-8-5-10(13-2)9(7-12)11(6-8)14-3;1-3-5-4-2;1-2/h5-7H,4H2,1-3H3;3-5H2,1-2H3;1-2H. The molecule has 0 N–H and O–H groups in total. The molecule has 0 fully saturated rings. The van der Waals surface area contributed by atoms with Crippen LogP contribution >= 0.6 is 0 Å². The van der Waals surface area contributed by atoms with Crippen LogP contribution in [0.4, 0.5) is 0 Å². The number of ether oxygens (including phenoxy) is 3. The highest BCUT2D eigenvalue weighted by atomic mass is 16.5. The van der Waals surface area contributed by atoms with E-state index in [2.05, 4.69) is 26.7 Å². The van der Waals surface area contributed by atoms with Gasteiger partial charge >= 0.3 is 0 Å². The number of carbonyl (C=O) groups is 1. The SMILES string of the molecule is C#C.CCCCC.CCOc1cc(OC)c(C=O)c(OC)c1. The second-order valence-electron chi connectivity index (χ2n) is 4.15. The molecule has 0 heterocycles. The largest absolute Gasteiger partial charge is 0.496 e. The van der Waals surface area contributed by atoms with Crippen LogP contribution in [-0.2, 0) is 0 Å². The van der Waals surface area contributed by atoms with Crippen LogP contribution in [0.5, 0.6) is 17.2 Å². The summed E-state index contributed by atoms with van der Waals surface area (Å²) in [6.07, 6.45) is 12.8. The lowest BCUT2D eigenvalue weighted by molar-refractivity contribution is 0.111. The first-order valence-corrected chi connectivity index (χ1v) is 7.35. The highest BCUT2D eigenvalue weighted by Gasteiger charge is 2.11. The number of methoxy groups -OCH3 is 2. The van der Waals surface area contributed by atoms with E-state index in [1.54, 1.807) is 12.1 Å². The molecular weight excluding hydrogens is 280 g/mol. The molecule has 0 aliphatic carbocycles. The molecule has 4 nitrogen and oxygen atoms in total. The quantitative estimate of drug-likeness (QED) is 0.554. The summed E-state index contributed by atoms with van der Waals surface area (Å²) in [5.74, 6) is 1.53. The van der Waals surface area contributed by atoms with Crippen molar-refractivity contribution in [2.24, 2.45) is 0 Å². The first-order chi connectivity index (χ1) is 10.7. The van der Waals surface area contributed by atoms with Gasteiger partial charge in [0.05, 0.1) is 26.4 Å². The van der Waals surface area contributed by atoms with Crippen molar-refractivity contribution in [3.05, 3.63) is 17.7 Å². The van der Waals surface area contributed by atoms with E-state index in [4.69, 9.17) is 14.2 Å². The van der Waals surface area contributed by atoms with Gasteiger partial charge in [0.25, 0.3) is 0 Å². The Balaban J connectivity index is 0. The summed E-state index contributed by atoms with van der Waals surface area (Å²) in [6.45, 7) is 6.85. The molecule has 1 aromatic rings. The van der Waals surface area contributed by atoms with Crippen LogP contribution in [0.25, 0.3) is 0 Å². The van der Waals surface area contributed by atoms with Crippen LogP contribution in [0.3, 0.4) is 0 Å². The fourth-order valence-corrected chi connectivity index (χ4v) is 1.63. The maximum absolute atomic E-state index is 10.8. The molecule has 0 aromatic heterocycles. The summed E-state index contributed by atoms with van der Waals surface area (Å²) in [6, 6.07) is 3.32. The maximum atomic E-state index is 10.8. The summed E-state index contributed by atoms with van der Waals surface area (Å²) in [5.41, 5.74) is 0.392. The molecular formula is C18H28O4. The van der Waals surface area contributed by atoms with Crippen LogP contribution in [0.1, 0.15) is 50.4 Å². The average molecular weight is 308 g/mol. The molecule has 0 aliphatic rings. The molecule has 1 aromatic carbocycles. The topological polar surface area (TPSA) is 44.8 Å². The zero-order chi connectivity index (χ0) is 17.4. The Labute approximate surface area is 134 Å². The molecule has 124 valence electrons. The minimum absolute atomic E-state index is 0.392. The highest BCUT2D eigenvalue weighted by Crippen LogP contribution is 2.32. The Bertz CT molecular complexity index is 397. The van der Waals surface area contributed by atoms with Crippen molar-refractivity contribution in [1.29, 1.82) is 0 Å². The van der Waals surface area contributed by atoms with E-state index in [0.29, 0.717) is 35.7 Å². The Hall–Kier alpha value is -2.15. The molecule has 0 amide bonds. The summed E-state index contributed by atoms with van der Waals surface area (Å²) in [7, 11) is 3.00. The van der Waals surface area contributed by atoms with Crippen molar-refractivity contribution < 1.29 is 19.0 Å². The number of rotatable bonds is 7. The van der Waals surface area contributed by atoms with Gasteiger partial charge in [-0.15, -0.1) is 12.8 Å². The number of terminal acetylenes is 1. The number of aldehydes is 1. The fraction of sp³-hybridized carbons (Fsp3) is 0.500. The summed E-state index contributed by atoms with van der Waals surface area (Å²) in [5, 5.41) is 0. The molecule has 0 spiro atoms. The van der Waals surface area contributed by atoms with E-state index < -0.39 is 0 Å². The number of benzene rings is 1. The second kappa shape index (κ2) is 15.2. The third-order valence-corrected chi connectivity index (χ3v) is 2.65. The third kappa shape index (κ3) is 8.21. The number of unbranched alkanes of at least 4 members (excludes halogenated alkanes) is 2. The predicted molar refractivity (Wildman–Crippen MR) is 91.2 cm³/mol. The minimum Gasteiger partial charge on any atom is -0.496 e. The normalized spacial score (nSPS) is 8.50. The monoisotopic (exact) mass is 308 g/mol. The van der Waals surface area contributed by atoms with Gasteiger partial charge in [-0.2, -0.15) is 0 Å². The van der Waals surface area contributed by atoms with Gasteiger partial charge in [-0.1, -0.05) is 33.1 Å². The van der Waals surface area contributed by atoms with Gasteiger partial charge in [-0.3, -0.25) is 4.79 Å². The van der Waals surface area contributed by atoms with E-state index in [-0.39, 0.29) is 0 Å². The van der Waals surface area contributed by atoms with Crippen molar-refractivity contribution in [2.75, 3.05) is 20.8 Å². The van der Waals surface area contributed by atoms with E-state index in [1.807, 2.05) is 6.92 Å². The summed E-state index contributed by atoms with van der Waals surface area (Å²) in [4.78, 5) is 10.8. The first kappa shape index (κ1) is 22.1. The molecule has 22 heavy (non-hydrogen) atoms. The predicted octanol–water partition coefficient (Wildman–Crippen LogP) is 4.36. The number of hydrogen-bond donors (Lipinski definition) is 0. The lowest BCUT2D eigenvalue weighted by atomic mass is 10.2.